The summed E-state index contributed by atoms with van der Waals surface area (Å²) in [7, 11) is -3.45. The van der Waals surface area contributed by atoms with Gasteiger partial charge in [0.05, 0.1) is 15.9 Å². The second kappa shape index (κ2) is 5.10. The van der Waals surface area contributed by atoms with E-state index in [0.717, 1.165) is 5.56 Å². The highest BCUT2D eigenvalue weighted by Gasteiger charge is 2.43. The zero-order valence-electron chi connectivity index (χ0n) is 11.8. The lowest BCUT2D eigenvalue weighted by atomic mass is 10.2. The molecule has 19 heavy (non-hydrogen) atoms. The van der Waals surface area contributed by atoms with Crippen molar-refractivity contribution in [1.29, 1.82) is 0 Å². The van der Waals surface area contributed by atoms with E-state index < -0.39 is 9.84 Å². The molecule has 1 heterocycles. The highest BCUT2D eigenvalue weighted by atomic mass is 32.2. The van der Waals surface area contributed by atoms with Gasteiger partial charge in [-0.15, -0.1) is 0 Å². The predicted octanol–water partition coefficient (Wildman–Crippen LogP) is 3.10. The number of ether oxygens (including phenoxy) is 1. The summed E-state index contributed by atoms with van der Waals surface area (Å²) < 4.78 is 30.7. The largest absolute Gasteiger partial charge is 0.364 e. The van der Waals surface area contributed by atoms with Crippen molar-refractivity contribution >= 4 is 9.84 Å². The Bertz CT molecular complexity index is 582. The van der Waals surface area contributed by atoms with Crippen molar-refractivity contribution in [2.45, 2.75) is 44.8 Å². The van der Waals surface area contributed by atoms with Crippen molar-refractivity contribution in [3.8, 4) is 0 Å². The third-order valence-corrected chi connectivity index (χ3v) is 5.01. The fraction of sp³-hybridized carbons (Fsp3) is 0.467. The van der Waals surface area contributed by atoms with Gasteiger partial charge >= 0.3 is 0 Å². The summed E-state index contributed by atoms with van der Waals surface area (Å²) in [4.78, 5) is 0.742. The van der Waals surface area contributed by atoms with Gasteiger partial charge in [0.1, 0.15) is 6.10 Å². The Kier molecular flexibility index (Phi) is 3.83. The SMILES string of the molecule is Cc1ccc(S(=O)(=O)/C(=C/C(C)C)[C@H]2O[C@@H]2C)cc1. The first kappa shape index (κ1) is 14.3. The lowest BCUT2D eigenvalue weighted by Crippen LogP contribution is -2.12. The van der Waals surface area contributed by atoms with Crippen LogP contribution in [-0.4, -0.2) is 20.6 Å². The number of benzene rings is 1. The Hall–Kier alpha value is -1.13. The second-order valence-electron chi connectivity index (χ2n) is 5.39. The Morgan fingerprint density at radius 2 is 1.79 bits per heavy atom. The maximum Gasteiger partial charge on any atom is 0.205 e. The molecule has 0 aliphatic carbocycles. The Labute approximate surface area is 115 Å². The van der Waals surface area contributed by atoms with E-state index in [2.05, 4.69) is 0 Å². The number of allylic oxidation sites excluding steroid dienone is 1. The molecule has 0 unspecified atom stereocenters. The summed E-state index contributed by atoms with van der Waals surface area (Å²) in [6.07, 6.45) is 1.50. The van der Waals surface area contributed by atoms with Crippen LogP contribution in [0.25, 0.3) is 0 Å². The second-order valence-corrected chi connectivity index (χ2v) is 7.34. The standard InChI is InChI=1S/C15H20O3S/c1-10(2)9-14(15-12(4)18-15)19(16,17)13-7-5-11(3)6-8-13/h5-10,12,15H,1-4H3/b14-9+/t12-,15+/m1/s1. The van der Waals surface area contributed by atoms with Crippen LogP contribution in [0, 0.1) is 12.8 Å². The van der Waals surface area contributed by atoms with Gasteiger partial charge in [0.15, 0.2) is 0 Å². The van der Waals surface area contributed by atoms with E-state index in [1.54, 1.807) is 18.2 Å². The number of hydrogen-bond acceptors (Lipinski definition) is 3. The minimum Gasteiger partial charge on any atom is -0.364 e. The van der Waals surface area contributed by atoms with Gasteiger partial charge < -0.3 is 4.74 Å². The van der Waals surface area contributed by atoms with Crippen molar-refractivity contribution in [2.75, 3.05) is 0 Å². The molecule has 0 saturated carbocycles. The molecule has 1 aromatic rings. The van der Waals surface area contributed by atoms with Crippen molar-refractivity contribution in [3.05, 3.63) is 40.8 Å². The molecule has 1 fully saturated rings. The average Bonchev–Trinajstić information content (AvgIpc) is 3.03. The quantitative estimate of drug-likeness (QED) is 0.796. The number of aryl methyl sites for hydroxylation is 1. The van der Waals surface area contributed by atoms with Crippen LogP contribution >= 0.6 is 0 Å². The van der Waals surface area contributed by atoms with Crippen LogP contribution < -0.4 is 0 Å². The molecular weight excluding hydrogens is 260 g/mol. The van der Waals surface area contributed by atoms with E-state index in [-0.39, 0.29) is 18.1 Å². The number of epoxide rings is 1. The van der Waals surface area contributed by atoms with Crippen LogP contribution in [0.1, 0.15) is 26.3 Å². The van der Waals surface area contributed by atoms with Crippen LogP contribution in [0.2, 0.25) is 0 Å². The lowest BCUT2D eigenvalue weighted by Gasteiger charge is -2.09. The topological polar surface area (TPSA) is 46.7 Å². The molecule has 0 aromatic heterocycles. The number of hydrogen-bond donors (Lipinski definition) is 0. The van der Waals surface area contributed by atoms with E-state index in [1.807, 2.05) is 39.8 Å². The third kappa shape index (κ3) is 3.07. The van der Waals surface area contributed by atoms with Crippen molar-refractivity contribution in [2.24, 2.45) is 5.92 Å². The van der Waals surface area contributed by atoms with Crippen molar-refractivity contribution in [1.82, 2.24) is 0 Å². The van der Waals surface area contributed by atoms with Gasteiger partial charge in [0.25, 0.3) is 0 Å². The normalized spacial score (nSPS) is 23.7. The first-order valence-electron chi connectivity index (χ1n) is 6.51. The number of sulfone groups is 1. The van der Waals surface area contributed by atoms with Crippen molar-refractivity contribution in [3.63, 3.8) is 0 Å². The molecule has 0 bridgehead atoms. The van der Waals surface area contributed by atoms with Gasteiger partial charge in [0, 0.05) is 0 Å². The molecule has 2 rings (SSSR count). The zero-order valence-corrected chi connectivity index (χ0v) is 12.6. The average molecular weight is 280 g/mol. The smallest absolute Gasteiger partial charge is 0.205 e. The highest BCUT2D eigenvalue weighted by molar-refractivity contribution is 7.95. The zero-order chi connectivity index (χ0) is 14.2. The van der Waals surface area contributed by atoms with E-state index in [0.29, 0.717) is 9.80 Å². The Morgan fingerprint density at radius 1 is 1.26 bits per heavy atom. The van der Waals surface area contributed by atoms with Gasteiger partial charge in [-0.1, -0.05) is 37.6 Å². The molecular formula is C15H20O3S. The van der Waals surface area contributed by atoms with Crippen molar-refractivity contribution < 1.29 is 13.2 Å². The third-order valence-electron chi connectivity index (χ3n) is 3.13. The van der Waals surface area contributed by atoms with Gasteiger partial charge in [-0.25, -0.2) is 8.42 Å². The molecule has 104 valence electrons. The first-order valence-corrected chi connectivity index (χ1v) is 7.99. The maximum atomic E-state index is 12.7. The van der Waals surface area contributed by atoms with Crippen LogP contribution in [-0.2, 0) is 14.6 Å². The molecule has 0 amide bonds. The first-order chi connectivity index (χ1) is 8.82. The molecule has 0 radical (unpaired) electrons. The van der Waals surface area contributed by atoms with E-state index in [9.17, 15) is 8.42 Å². The predicted molar refractivity (Wildman–Crippen MR) is 75.6 cm³/mol. The van der Waals surface area contributed by atoms with Crippen LogP contribution in [0.3, 0.4) is 0 Å². The van der Waals surface area contributed by atoms with E-state index in [1.165, 1.54) is 0 Å². The Balaban J connectivity index is 2.43. The summed E-state index contributed by atoms with van der Waals surface area (Å²) >= 11 is 0. The summed E-state index contributed by atoms with van der Waals surface area (Å²) in [5, 5.41) is 0. The summed E-state index contributed by atoms with van der Waals surface area (Å²) in [5.41, 5.74) is 1.05. The fourth-order valence-corrected chi connectivity index (χ4v) is 3.77. The van der Waals surface area contributed by atoms with Gasteiger partial charge in [0.2, 0.25) is 9.84 Å². The molecule has 1 aliphatic heterocycles. The summed E-state index contributed by atoms with van der Waals surface area (Å²) in [6.45, 7) is 7.77. The van der Waals surface area contributed by atoms with Crippen LogP contribution in [0.5, 0.6) is 0 Å². The fourth-order valence-electron chi connectivity index (χ4n) is 2.00. The molecule has 4 heteroatoms. The maximum absolute atomic E-state index is 12.7. The molecule has 2 atom stereocenters. The molecule has 1 aromatic carbocycles. The molecule has 0 N–H and O–H groups in total. The van der Waals surface area contributed by atoms with E-state index >= 15 is 0 Å². The summed E-state index contributed by atoms with van der Waals surface area (Å²) in [5.74, 6) is 0.173. The highest BCUT2D eigenvalue weighted by Crippen LogP contribution is 2.35. The van der Waals surface area contributed by atoms with Crippen LogP contribution in [0.15, 0.2) is 40.1 Å². The van der Waals surface area contributed by atoms with Gasteiger partial charge in [-0.2, -0.15) is 0 Å². The number of rotatable bonds is 4. The van der Waals surface area contributed by atoms with E-state index in [4.69, 9.17) is 4.74 Å². The monoisotopic (exact) mass is 280 g/mol. The minimum atomic E-state index is -3.45. The minimum absolute atomic E-state index is 0.00905. The van der Waals surface area contributed by atoms with Gasteiger partial charge in [-0.3, -0.25) is 0 Å². The van der Waals surface area contributed by atoms with Gasteiger partial charge in [-0.05, 0) is 31.9 Å². The lowest BCUT2D eigenvalue weighted by molar-refractivity contribution is 0.397. The molecule has 1 saturated heterocycles. The Morgan fingerprint density at radius 3 is 2.21 bits per heavy atom. The summed E-state index contributed by atoms with van der Waals surface area (Å²) in [6, 6.07) is 6.95. The molecule has 3 nitrogen and oxygen atoms in total. The van der Waals surface area contributed by atoms with Crippen LogP contribution in [0.4, 0.5) is 0 Å². The molecule has 0 spiro atoms. The molecule has 1 aliphatic rings.